The molecule has 0 aliphatic heterocycles. The topological polar surface area (TPSA) is 94.8 Å². The quantitative estimate of drug-likeness (QED) is 0.549. The summed E-state index contributed by atoms with van der Waals surface area (Å²) < 4.78 is -0.866. The number of rotatable bonds is 0. The monoisotopic (exact) mass is 428 g/mol. The van der Waals surface area contributed by atoms with E-state index in [0.29, 0.717) is 0 Å². The van der Waals surface area contributed by atoms with Crippen LogP contribution in [0.15, 0.2) is 35.1 Å². The van der Waals surface area contributed by atoms with Gasteiger partial charge in [0.25, 0.3) is 0 Å². The van der Waals surface area contributed by atoms with Gasteiger partial charge < -0.3 is 15.3 Å². The molecule has 0 heterocycles. The summed E-state index contributed by atoms with van der Waals surface area (Å²) >= 11 is 6.72. The summed E-state index contributed by atoms with van der Waals surface area (Å²) in [5, 5.41) is 29.8. The van der Waals surface area contributed by atoms with Gasteiger partial charge in [-0.05, 0) is 12.1 Å². The number of carbonyl (C=O) groups excluding carboxylic acids is 2. The lowest BCUT2D eigenvalue weighted by atomic mass is 9.76. The maximum Gasteiger partial charge on any atom is 0.201 e. The summed E-state index contributed by atoms with van der Waals surface area (Å²) in [6, 6.07) is 2.12. The fraction of sp³-hybridized carbons (Fsp3) is 0.200. The molecule has 114 valence electrons. The number of allylic oxidation sites excluding steroid dienone is 4. The zero-order valence-electron chi connectivity index (χ0n) is 11.2. The lowest BCUT2D eigenvalue weighted by Crippen LogP contribution is -2.34. The zero-order chi connectivity index (χ0) is 16.4. The number of aliphatic hydroxyl groups is 1. The van der Waals surface area contributed by atoms with Crippen LogP contribution in [0.4, 0.5) is 0 Å². The summed E-state index contributed by atoms with van der Waals surface area (Å²) in [5.74, 6) is -2.72. The Labute approximate surface area is 142 Å². The van der Waals surface area contributed by atoms with Gasteiger partial charge in [0, 0.05) is 23.1 Å². The largest absolute Gasteiger partial charge is 0.511 e. The minimum Gasteiger partial charge on any atom is -0.511 e. The van der Waals surface area contributed by atoms with Crippen LogP contribution in [-0.4, -0.2) is 30.1 Å². The van der Waals surface area contributed by atoms with E-state index in [2.05, 4.69) is 31.9 Å². The van der Waals surface area contributed by atoms with Gasteiger partial charge in [0.2, 0.25) is 5.78 Å². The SMILES string of the molecule is CC1C(O)=C2C(=O)c3c(O)cc(O)cc3C(=O)C2=CC1(Br)Br. The van der Waals surface area contributed by atoms with E-state index in [1.54, 1.807) is 6.92 Å². The van der Waals surface area contributed by atoms with E-state index in [4.69, 9.17) is 0 Å². The highest BCUT2D eigenvalue weighted by molar-refractivity contribution is 9.25. The Morgan fingerprint density at radius 3 is 2.36 bits per heavy atom. The van der Waals surface area contributed by atoms with Gasteiger partial charge in [-0.3, -0.25) is 9.59 Å². The first-order chi connectivity index (χ1) is 10.1. The maximum absolute atomic E-state index is 12.6. The predicted molar refractivity (Wildman–Crippen MR) is 85.9 cm³/mol. The van der Waals surface area contributed by atoms with Crippen LogP contribution in [0.5, 0.6) is 11.5 Å². The third-order valence-corrected chi connectivity index (χ3v) is 5.73. The number of halogens is 2. The third-order valence-electron chi connectivity index (χ3n) is 3.90. The second-order valence-electron chi connectivity index (χ2n) is 5.26. The van der Waals surface area contributed by atoms with Crippen LogP contribution in [0.3, 0.4) is 0 Å². The van der Waals surface area contributed by atoms with Crippen molar-refractivity contribution in [1.82, 2.24) is 0 Å². The molecule has 0 amide bonds. The molecule has 3 rings (SSSR count). The molecule has 1 atom stereocenters. The average Bonchev–Trinajstić information content (AvgIpc) is 2.41. The van der Waals surface area contributed by atoms with Gasteiger partial charge >= 0.3 is 0 Å². The van der Waals surface area contributed by atoms with Gasteiger partial charge in [0.1, 0.15) is 20.5 Å². The molecule has 0 fully saturated rings. The molecular formula is C15H10Br2O5. The zero-order valence-corrected chi connectivity index (χ0v) is 14.4. The van der Waals surface area contributed by atoms with E-state index < -0.39 is 26.5 Å². The molecule has 1 aromatic carbocycles. The summed E-state index contributed by atoms with van der Waals surface area (Å²) in [7, 11) is 0. The van der Waals surface area contributed by atoms with Gasteiger partial charge in [0.05, 0.1) is 11.1 Å². The summed E-state index contributed by atoms with van der Waals surface area (Å²) in [6.07, 6.45) is 1.51. The first-order valence-corrected chi connectivity index (χ1v) is 7.93. The van der Waals surface area contributed by atoms with Gasteiger partial charge in [-0.25, -0.2) is 0 Å². The van der Waals surface area contributed by atoms with Crippen molar-refractivity contribution in [2.45, 2.75) is 10.2 Å². The molecule has 2 aliphatic carbocycles. The highest BCUT2D eigenvalue weighted by Gasteiger charge is 2.45. The third kappa shape index (κ3) is 1.95. The smallest absolute Gasteiger partial charge is 0.201 e. The van der Waals surface area contributed by atoms with Crippen molar-refractivity contribution >= 4 is 43.4 Å². The molecule has 1 unspecified atom stereocenters. The molecule has 0 spiro atoms. The second kappa shape index (κ2) is 4.70. The first kappa shape index (κ1) is 15.3. The Hall–Kier alpha value is -1.60. The Morgan fingerprint density at radius 1 is 1.09 bits per heavy atom. The fourth-order valence-electron chi connectivity index (χ4n) is 2.64. The molecule has 1 aromatic rings. The van der Waals surface area contributed by atoms with Gasteiger partial charge in [-0.15, -0.1) is 0 Å². The van der Waals surface area contributed by atoms with Crippen LogP contribution in [0.2, 0.25) is 0 Å². The van der Waals surface area contributed by atoms with Crippen LogP contribution in [0.1, 0.15) is 27.6 Å². The van der Waals surface area contributed by atoms with E-state index >= 15 is 0 Å². The molecular weight excluding hydrogens is 420 g/mol. The second-order valence-corrected chi connectivity index (χ2v) is 8.95. The lowest BCUT2D eigenvalue weighted by molar-refractivity contribution is 0.0960. The number of benzene rings is 1. The number of alkyl halides is 2. The highest BCUT2D eigenvalue weighted by atomic mass is 79.9. The Morgan fingerprint density at radius 2 is 1.73 bits per heavy atom. The molecule has 0 bridgehead atoms. The summed E-state index contributed by atoms with van der Waals surface area (Å²) in [4.78, 5) is 25.2. The van der Waals surface area contributed by atoms with Gasteiger partial charge in [-0.1, -0.05) is 38.8 Å². The predicted octanol–water partition coefficient (Wildman–Crippen LogP) is 3.35. The van der Waals surface area contributed by atoms with Crippen molar-refractivity contribution in [3.8, 4) is 11.5 Å². The van der Waals surface area contributed by atoms with Crippen LogP contribution in [0, 0.1) is 5.92 Å². The first-order valence-electron chi connectivity index (χ1n) is 6.34. The van der Waals surface area contributed by atoms with Crippen LogP contribution < -0.4 is 0 Å². The van der Waals surface area contributed by atoms with E-state index in [0.717, 1.165) is 12.1 Å². The Bertz CT molecular complexity index is 804. The van der Waals surface area contributed by atoms with Crippen LogP contribution in [0.25, 0.3) is 0 Å². The van der Waals surface area contributed by atoms with Crippen molar-refractivity contribution in [1.29, 1.82) is 0 Å². The Kier molecular flexibility index (Phi) is 3.27. The van der Waals surface area contributed by atoms with Crippen molar-refractivity contribution in [2.75, 3.05) is 0 Å². The van der Waals surface area contributed by atoms with Crippen molar-refractivity contribution < 1.29 is 24.9 Å². The van der Waals surface area contributed by atoms with Crippen molar-refractivity contribution in [3.05, 3.63) is 46.2 Å². The number of fused-ring (bicyclic) bond motifs is 2. The normalized spacial score (nSPS) is 23.0. The summed E-state index contributed by atoms with van der Waals surface area (Å²) in [6.45, 7) is 1.68. The number of hydrogen-bond donors (Lipinski definition) is 3. The number of phenols is 2. The molecule has 0 aromatic heterocycles. The number of ketones is 2. The molecule has 5 nitrogen and oxygen atoms in total. The number of aromatic hydroxyl groups is 2. The average molecular weight is 430 g/mol. The number of hydrogen-bond acceptors (Lipinski definition) is 5. The van der Waals surface area contributed by atoms with Gasteiger partial charge in [0.15, 0.2) is 5.78 Å². The van der Waals surface area contributed by atoms with E-state index in [9.17, 15) is 24.9 Å². The van der Waals surface area contributed by atoms with E-state index in [1.165, 1.54) is 6.08 Å². The van der Waals surface area contributed by atoms with E-state index in [1.807, 2.05) is 0 Å². The van der Waals surface area contributed by atoms with Gasteiger partial charge in [-0.2, -0.15) is 0 Å². The molecule has 0 saturated carbocycles. The summed E-state index contributed by atoms with van der Waals surface area (Å²) in [5.41, 5.74) is -0.367. The number of aliphatic hydroxyl groups excluding tert-OH is 1. The van der Waals surface area contributed by atoms with Crippen LogP contribution >= 0.6 is 31.9 Å². The molecule has 0 radical (unpaired) electrons. The number of phenolic OH excluding ortho intramolecular Hbond substituents is 2. The number of carbonyl (C=O) groups is 2. The minimum absolute atomic E-state index is 0.0341. The van der Waals surface area contributed by atoms with Crippen molar-refractivity contribution in [2.24, 2.45) is 5.92 Å². The minimum atomic E-state index is -0.866. The van der Waals surface area contributed by atoms with E-state index in [-0.39, 0.29) is 33.8 Å². The molecule has 3 N–H and O–H groups in total. The fourth-order valence-corrected chi connectivity index (χ4v) is 3.54. The standard InChI is InChI=1S/C15H10Br2O5/c1-5-12(20)11-8(4-15(5,16)17)13(21)7-2-6(18)3-9(19)10(7)14(11)22/h2-5,18-20H,1H3. The van der Waals surface area contributed by atoms with Crippen molar-refractivity contribution in [3.63, 3.8) is 0 Å². The Balaban J connectivity index is 2.36. The lowest BCUT2D eigenvalue weighted by Gasteiger charge is -2.33. The molecule has 22 heavy (non-hydrogen) atoms. The number of Topliss-reactive ketones (excluding diaryl/α,β-unsaturated/α-hetero) is 2. The molecule has 7 heteroatoms. The molecule has 0 saturated heterocycles. The maximum atomic E-state index is 12.6. The van der Waals surface area contributed by atoms with Crippen LogP contribution in [-0.2, 0) is 0 Å². The highest BCUT2D eigenvalue weighted by Crippen LogP contribution is 2.49. The molecule has 2 aliphatic rings.